The van der Waals surface area contributed by atoms with E-state index in [1.54, 1.807) is 6.20 Å². The minimum atomic E-state index is 0.291. The van der Waals surface area contributed by atoms with Gasteiger partial charge in [0.25, 0.3) is 0 Å². The summed E-state index contributed by atoms with van der Waals surface area (Å²) in [4.78, 5) is 4.23. The van der Waals surface area contributed by atoms with Crippen molar-refractivity contribution in [1.82, 2.24) is 10.3 Å². The van der Waals surface area contributed by atoms with Gasteiger partial charge in [0, 0.05) is 19.3 Å². The fourth-order valence-electron chi connectivity index (χ4n) is 1.78. The molecule has 0 aromatic carbocycles. The highest BCUT2D eigenvalue weighted by atomic mass is 32.1. The van der Waals surface area contributed by atoms with Crippen LogP contribution in [-0.4, -0.2) is 29.4 Å². The number of anilines is 1. The number of nitrogens with zero attached hydrogens (tertiary/aromatic N) is 1. The van der Waals surface area contributed by atoms with Gasteiger partial charge in [-0.25, -0.2) is 4.98 Å². The summed E-state index contributed by atoms with van der Waals surface area (Å²) in [6.45, 7) is 3.63. The molecule has 92 valence electrons. The zero-order valence-electron chi connectivity index (χ0n) is 9.90. The van der Waals surface area contributed by atoms with Crippen LogP contribution in [0.2, 0.25) is 0 Å². The summed E-state index contributed by atoms with van der Waals surface area (Å²) in [6, 6.07) is 3.90. The Bertz CT molecular complexity index is 391. The summed E-state index contributed by atoms with van der Waals surface area (Å²) >= 11 is 5.21. The van der Waals surface area contributed by atoms with Crippen LogP contribution in [0.4, 0.5) is 5.82 Å². The first-order valence-electron chi connectivity index (χ1n) is 5.84. The number of rotatable bonds is 3. The molecule has 4 nitrogen and oxygen atoms in total. The van der Waals surface area contributed by atoms with Gasteiger partial charge in [0.05, 0.1) is 6.10 Å². The number of nitrogens with one attached hydrogen (secondary N) is 2. The van der Waals surface area contributed by atoms with Gasteiger partial charge in [-0.2, -0.15) is 0 Å². The standard InChI is InChI=1S/C12H17N3OS/c1-9-4-2-6-13-11(9)15-12(17)14-8-10-5-3-7-16-10/h2,4,6,10H,3,5,7-8H2,1H3,(H2,13,14,15,17)/t10-/m0/s1. The van der Waals surface area contributed by atoms with E-state index in [0.717, 1.165) is 37.4 Å². The number of aryl methyl sites for hydroxylation is 1. The third kappa shape index (κ3) is 3.64. The normalized spacial score (nSPS) is 19.0. The molecule has 1 aromatic rings. The van der Waals surface area contributed by atoms with Gasteiger partial charge >= 0.3 is 0 Å². The molecule has 1 atom stereocenters. The van der Waals surface area contributed by atoms with Crippen molar-refractivity contribution in [2.75, 3.05) is 18.5 Å². The minimum absolute atomic E-state index is 0.291. The largest absolute Gasteiger partial charge is 0.376 e. The molecule has 1 aliphatic rings. The molecule has 1 fully saturated rings. The molecule has 0 bridgehead atoms. The summed E-state index contributed by atoms with van der Waals surface area (Å²) in [5, 5.41) is 6.84. The molecule has 0 radical (unpaired) electrons. The van der Waals surface area contributed by atoms with Gasteiger partial charge in [-0.15, -0.1) is 0 Å². The van der Waals surface area contributed by atoms with Crippen LogP contribution in [-0.2, 0) is 4.74 Å². The molecule has 0 amide bonds. The fraction of sp³-hybridized carbons (Fsp3) is 0.500. The highest BCUT2D eigenvalue weighted by molar-refractivity contribution is 7.80. The molecule has 2 N–H and O–H groups in total. The number of thiocarbonyl (C=S) groups is 1. The number of pyridine rings is 1. The lowest BCUT2D eigenvalue weighted by Gasteiger charge is -2.14. The van der Waals surface area contributed by atoms with E-state index < -0.39 is 0 Å². The average Bonchev–Trinajstić information content (AvgIpc) is 2.82. The highest BCUT2D eigenvalue weighted by Gasteiger charge is 2.15. The lowest BCUT2D eigenvalue weighted by atomic mass is 10.2. The number of aromatic nitrogens is 1. The quantitative estimate of drug-likeness (QED) is 0.803. The Hall–Kier alpha value is -1.20. The van der Waals surface area contributed by atoms with Gasteiger partial charge in [-0.05, 0) is 43.6 Å². The average molecular weight is 251 g/mol. The first-order chi connectivity index (χ1) is 8.25. The predicted octanol–water partition coefficient (Wildman–Crippen LogP) is 1.86. The Kier molecular flexibility index (Phi) is 4.28. The molecule has 5 heteroatoms. The molecule has 0 spiro atoms. The number of ether oxygens (including phenoxy) is 1. The molecular weight excluding hydrogens is 234 g/mol. The zero-order valence-corrected chi connectivity index (χ0v) is 10.7. The molecular formula is C12H17N3OS. The highest BCUT2D eigenvalue weighted by Crippen LogP contribution is 2.11. The van der Waals surface area contributed by atoms with Crippen LogP contribution in [0.15, 0.2) is 18.3 Å². The number of hydrogen-bond acceptors (Lipinski definition) is 3. The van der Waals surface area contributed by atoms with Crippen molar-refractivity contribution in [1.29, 1.82) is 0 Å². The first-order valence-corrected chi connectivity index (χ1v) is 6.24. The molecule has 17 heavy (non-hydrogen) atoms. The Balaban J connectivity index is 1.79. The summed E-state index contributed by atoms with van der Waals surface area (Å²) in [5.74, 6) is 0.803. The topological polar surface area (TPSA) is 46.2 Å². The van der Waals surface area contributed by atoms with Crippen LogP contribution < -0.4 is 10.6 Å². The van der Waals surface area contributed by atoms with Gasteiger partial charge in [-0.3, -0.25) is 0 Å². The van der Waals surface area contributed by atoms with Crippen molar-refractivity contribution in [3.05, 3.63) is 23.9 Å². The van der Waals surface area contributed by atoms with Crippen LogP contribution in [0.25, 0.3) is 0 Å². The third-order valence-corrected chi connectivity index (χ3v) is 3.00. The zero-order chi connectivity index (χ0) is 12.1. The molecule has 0 saturated carbocycles. The maximum Gasteiger partial charge on any atom is 0.172 e. The van der Waals surface area contributed by atoms with Crippen LogP contribution >= 0.6 is 12.2 Å². The third-order valence-electron chi connectivity index (χ3n) is 2.76. The maximum atomic E-state index is 5.51. The van der Waals surface area contributed by atoms with E-state index in [-0.39, 0.29) is 0 Å². The lowest BCUT2D eigenvalue weighted by molar-refractivity contribution is 0.114. The molecule has 2 rings (SSSR count). The second kappa shape index (κ2) is 5.93. The molecule has 1 aliphatic heterocycles. The van der Waals surface area contributed by atoms with Crippen LogP contribution in [0, 0.1) is 6.92 Å². The Morgan fingerprint density at radius 1 is 1.65 bits per heavy atom. The second-order valence-electron chi connectivity index (χ2n) is 4.14. The van der Waals surface area contributed by atoms with Crippen molar-refractivity contribution >= 4 is 23.1 Å². The molecule has 1 aromatic heterocycles. The van der Waals surface area contributed by atoms with Gasteiger partial charge in [0.1, 0.15) is 5.82 Å². The predicted molar refractivity (Wildman–Crippen MR) is 72.2 cm³/mol. The molecule has 1 saturated heterocycles. The summed E-state index contributed by atoms with van der Waals surface area (Å²) < 4.78 is 5.51. The second-order valence-corrected chi connectivity index (χ2v) is 4.55. The van der Waals surface area contributed by atoms with Crippen molar-refractivity contribution in [3.63, 3.8) is 0 Å². The van der Waals surface area contributed by atoms with Gasteiger partial charge < -0.3 is 15.4 Å². The SMILES string of the molecule is Cc1cccnc1NC(=S)NC[C@@H]1CCCO1. The summed E-state index contributed by atoms with van der Waals surface area (Å²) in [6.07, 6.45) is 4.29. The first kappa shape index (κ1) is 12.3. The van der Waals surface area contributed by atoms with Crippen LogP contribution in [0.5, 0.6) is 0 Å². The van der Waals surface area contributed by atoms with Crippen molar-refractivity contribution in [2.24, 2.45) is 0 Å². The van der Waals surface area contributed by atoms with E-state index in [1.807, 2.05) is 19.1 Å². The molecule has 2 heterocycles. The number of hydrogen-bond donors (Lipinski definition) is 2. The fourth-order valence-corrected chi connectivity index (χ4v) is 1.96. The van der Waals surface area contributed by atoms with E-state index in [9.17, 15) is 0 Å². The Labute approximate surface area is 107 Å². The molecule has 0 aliphatic carbocycles. The van der Waals surface area contributed by atoms with Crippen molar-refractivity contribution in [2.45, 2.75) is 25.9 Å². The van der Waals surface area contributed by atoms with E-state index in [2.05, 4.69) is 15.6 Å². The minimum Gasteiger partial charge on any atom is -0.376 e. The Morgan fingerprint density at radius 2 is 2.53 bits per heavy atom. The smallest absolute Gasteiger partial charge is 0.172 e. The van der Waals surface area contributed by atoms with Crippen molar-refractivity contribution < 1.29 is 4.74 Å². The van der Waals surface area contributed by atoms with Crippen molar-refractivity contribution in [3.8, 4) is 0 Å². The van der Waals surface area contributed by atoms with E-state index in [0.29, 0.717) is 11.2 Å². The maximum absolute atomic E-state index is 5.51. The van der Waals surface area contributed by atoms with E-state index >= 15 is 0 Å². The molecule has 0 unspecified atom stereocenters. The van der Waals surface area contributed by atoms with Gasteiger partial charge in [0.15, 0.2) is 5.11 Å². The monoisotopic (exact) mass is 251 g/mol. The van der Waals surface area contributed by atoms with E-state index in [1.165, 1.54) is 0 Å². The summed E-state index contributed by atoms with van der Waals surface area (Å²) in [5.41, 5.74) is 1.08. The Morgan fingerprint density at radius 3 is 3.24 bits per heavy atom. The van der Waals surface area contributed by atoms with Crippen LogP contribution in [0.1, 0.15) is 18.4 Å². The van der Waals surface area contributed by atoms with Gasteiger partial charge in [0.2, 0.25) is 0 Å². The van der Waals surface area contributed by atoms with Gasteiger partial charge in [-0.1, -0.05) is 6.07 Å². The lowest BCUT2D eigenvalue weighted by Crippen LogP contribution is -2.35. The van der Waals surface area contributed by atoms with Crippen LogP contribution in [0.3, 0.4) is 0 Å². The summed E-state index contributed by atoms with van der Waals surface area (Å²) in [7, 11) is 0. The van der Waals surface area contributed by atoms with E-state index in [4.69, 9.17) is 17.0 Å².